The number of carboxylic acid groups (broad SMARTS) is 1. The first-order chi connectivity index (χ1) is 10.2. The quantitative estimate of drug-likeness (QED) is 0.904. The number of nitrogens with zero attached hydrogens (tertiary/aromatic N) is 2. The zero-order valence-electron chi connectivity index (χ0n) is 11.3. The molecular formula is C15H15N3O3. The van der Waals surface area contributed by atoms with E-state index in [1.165, 1.54) is 12.1 Å². The average Bonchev–Trinajstić information content (AvgIpc) is 3.17. The average molecular weight is 285 g/mol. The third-order valence-electron chi connectivity index (χ3n) is 3.77. The lowest BCUT2D eigenvalue weighted by Gasteiger charge is -2.23. The van der Waals surface area contributed by atoms with Crippen LogP contribution in [-0.2, 0) is 0 Å². The van der Waals surface area contributed by atoms with E-state index in [1.807, 2.05) is 11.0 Å². The lowest BCUT2D eigenvalue weighted by Crippen LogP contribution is -2.30. The van der Waals surface area contributed by atoms with Crippen LogP contribution >= 0.6 is 0 Å². The molecule has 0 radical (unpaired) electrons. The van der Waals surface area contributed by atoms with Crippen LogP contribution in [0.1, 0.15) is 45.3 Å². The number of hydrogen-bond donors (Lipinski definition) is 2. The van der Waals surface area contributed by atoms with Gasteiger partial charge in [0, 0.05) is 18.3 Å². The number of likely N-dealkylation sites (tertiary alicyclic amines) is 1. The van der Waals surface area contributed by atoms with E-state index in [2.05, 4.69) is 10.2 Å². The molecule has 0 spiro atoms. The van der Waals surface area contributed by atoms with Gasteiger partial charge >= 0.3 is 5.97 Å². The zero-order chi connectivity index (χ0) is 14.8. The number of aromatic carboxylic acids is 1. The van der Waals surface area contributed by atoms with Crippen molar-refractivity contribution in [3.8, 4) is 0 Å². The Labute approximate surface area is 121 Å². The van der Waals surface area contributed by atoms with Crippen molar-refractivity contribution in [3.05, 3.63) is 53.3 Å². The van der Waals surface area contributed by atoms with Crippen LogP contribution in [0.5, 0.6) is 0 Å². The fourth-order valence-corrected chi connectivity index (χ4v) is 2.71. The first kappa shape index (κ1) is 13.4. The Balaban J connectivity index is 1.82. The summed E-state index contributed by atoms with van der Waals surface area (Å²) in [4.78, 5) is 25.2. The van der Waals surface area contributed by atoms with Gasteiger partial charge in [0.05, 0.1) is 17.3 Å². The van der Waals surface area contributed by atoms with Crippen molar-refractivity contribution in [1.29, 1.82) is 0 Å². The summed E-state index contributed by atoms with van der Waals surface area (Å²) in [5.41, 5.74) is 1.62. The third kappa shape index (κ3) is 2.52. The van der Waals surface area contributed by atoms with E-state index in [0.29, 0.717) is 12.1 Å². The van der Waals surface area contributed by atoms with Crippen LogP contribution in [0.25, 0.3) is 0 Å². The molecule has 2 aromatic rings. The number of nitrogens with one attached hydrogen (secondary N) is 1. The number of amides is 1. The molecule has 3 rings (SSSR count). The monoisotopic (exact) mass is 285 g/mol. The third-order valence-corrected chi connectivity index (χ3v) is 3.77. The Kier molecular flexibility index (Phi) is 3.43. The number of aromatic amines is 1. The van der Waals surface area contributed by atoms with Crippen molar-refractivity contribution < 1.29 is 14.7 Å². The molecule has 1 aromatic heterocycles. The SMILES string of the molecule is O=C(O)c1ccc(C(=O)N2CCCC2c2ccn[nH]2)cc1. The van der Waals surface area contributed by atoms with Gasteiger partial charge in [-0.2, -0.15) is 5.10 Å². The Morgan fingerprint density at radius 1 is 1.19 bits per heavy atom. The molecule has 2 heterocycles. The summed E-state index contributed by atoms with van der Waals surface area (Å²) in [6.45, 7) is 0.698. The van der Waals surface area contributed by atoms with E-state index in [9.17, 15) is 9.59 Å². The molecule has 1 aliphatic heterocycles. The molecule has 6 nitrogen and oxygen atoms in total. The molecule has 1 fully saturated rings. The van der Waals surface area contributed by atoms with E-state index < -0.39 is 5.97 Å². The number of rotatable bonds is 3. The molecule has 1 amide bonds. The molecule has 0 aliphatic carbocycles. The highest BCUT2D eigenvalue weighted by atomic mass is 16.4. The molecular weight excluding hydrogens is 270 g/mol. The van der Waals surface area contributed by atoms with E-state index >= 15 is 0 Å². The van der Waals surface area contributed by atoms with E-state index in [4.69, 9.17) is 5.11 Å². The molecule has 6 heteroatoms. The minimum Gasteiger partial charge on any atom is -0.478 e. The normalized spacial score (nSPS) is 17.9. The molecule has 1 unspecified atom stereocenters. The van der Waals surface area contributed by atoms with Crippen LogP contribution in [0.4, 0.5) is 0 Å². The smallest absolute Gasteiger partial charge is 0.335 e. The number of hydrogen-bond acceptors (Lipinski definition) is 3. The van der Waals surface area contributed by atoms with E-state index in [1.54, 1.807) is 18.3 Å². The van der Waals surface area contributed by atoms with E-state index in [0.717, 1.165) is 18.5 Å². The van der Waals surface area contributed by atoms with Crippen molar-refractivity contribution in [1.82, 2.24) is 15.1 Å². The fraction of sp³-hybridized carbons (Fsp3) is 0.267. The largest absolute Gasteiger partial charge is 0.478 e. The van der Waals surface area contributed by atoms with Crippen LogP contribution in [0.15, 0.2) is 36.5 Å². The van der Waals surface area contributed by atoms with Crippen LogP contribution in [0.3, 0.4) is 0 Å². The van der Waals surface area contributed by atoms with Crippen LogP contribution in [-0.4, -0.2) is 38.6 Å². The molecule has 21 heavy (non-hydrogen) atoms. The Hall–Kier alpha value is -2.63. The maximum absolute atomic E-state index is 12.6. The van der Waals surface area contributed by atoms with Gasteiger partial charge in [-0.15, -0.1) is 0 Å². The molecule has 1 saturated heterocycles. The van der Waals surface area contributed by atoms with Crippen molar-refractivity contribution in [2.24, 2.45) is 0 Å². The number of carboxylic acids is 1. The highest BCUT2D eigenvalue weighted by Crippen LogP contribution is 2.31. The summed E-state index contributed by atoms with van der Waals surface area (Å²) in [6, 6.07) is 7.93. The van der Waals surface area contributed by atoms with Gasteiger partial charge in [0.15, 0.2) is 0 Å². The summed E-state index contributed by atoms with van der Waals surface area (Å²) in [7, 11) is 0. The number of carbonyl (C=O) groups is 2. The second-order valence-corrected chi connectivity index (χ2v) is 5.05. The van der Waals surface area contributed by atoms with Gasteiger partial charge in [0.1, 0.15) is 0 Å². The molecule has 0 saturated carbocycles. The molecule has 0 bridgehead atoms. The Morgan fingerprint density at radius 3 is 2.52 bits per heavy atom. The zero-order valence-corrected chi connectivity index (χ0v) is 11.3. The van der Waals surface area contributed by atoms with Gasteiger partial charge in [0.2, 0.25) is 0 Å². The highest BCUT2D eigenvalue weighted by Gasteiger charge is 2.31. The van der Waals surface area contributed by atoms with Gasteiger partial charge in [-0.05, 0) is 43.2 Å². The van der Waals surface area contributed by atoms with Crippen molar-refractivity contribution in [2.45, 2.75) is 18.9 Å². The molecule has 108 valence electrons. The molecule has 1 aromatic carbocycles. The maximum Gasteiger partial charge on any atom is 0.335 e. The van der Waals surface area contributed by atoms with Crippen molar-refractivity contribution >= 4 is 11.9 Å². The Morgan fingerprint density at radius 2 is 1.90 bits per heavy atom. The van der Waals surface area contributed by atoms with Gasteiger partial charge in [-0.1, -0.05) is 0 Å². The molecule has 1 atom stereocenters. The number of carbonyl (C=O) groups excluding carboxylic acids is 1. The fourth-order valence-electron chi connectivity index (χ4n) is 2.71. The first-order valence-corrected chi connectivity index (χ1v) is 6.80. The van der Waals surface area contributed by atoms with Gasteiger partial charge < -0.3 is 10.0 Å². The summed E-state index contributed by atoms with van der Waals surface area (Å²) in [5, 5.41) is 15.7. The lowest BCUT2D eigenvalue weighted by molar-refractivity contribution is 0.0692. The van der Waals surface area contributed by atoms with Gasteiger partial charge in [0.25, 0.3) is 5.91 Å². The van der Waals surface area contributed by atoms with Gasteiger partial charge in [-0.25, -0.2) is 4.79 Å². The summed E-state index contributed by atoms with van der Waals surface area (Å²) in [6.07, 6.45) is 3.53. The summed E-state index contributed by atoms with van der Waals surface area (Å²) < 4.78 is 0. The van der Waals surface area contributed by atoms with Gasteiger partial charge in [-0.3, -0.25) is 9.89 Å². The second kappa shape index (κ2) is 5.40. The predicted octanol–water partition coefficient (Wildman–Crippen LogP) is 2.09. The maximum atomic E-state index is 12.6. The predicted molar refractivity (Wildman–Crippen MR) is 75.0 cm³/mol. The second-order valence-electron chi connectivity index (χ2n) is 5.05. The standard InChI is InChI=1S/C15H15N3O3/c19-14(10-3-5-11(6-4-10)15(20)21)18-9-1-2-13(18)12-7-8-16-17-12/h3-8,13H,1-2,9H2,(H,16,17)(H,20,21). The van der Waals surface area contributed by atoms with Crippen molar-refractivity contribution in [2.75, 3.05) is 6.54 Å². The molecule has 2 N–H and O–H groups in total. The Bertz CT molecular complexity index is 649. The minimum absolute atomic E-state index is 0.0131. The van der Waals surface area contributed by atoms with Crippen LogP contribution < -0.4 is 0 Å². The number of benzene rings is 1. The number of H-pyrrole nitrogens is 1. The highest BCUT2D eigenvalue weighted by molar-refractivity contribution is 5.96. The summed E-state index contributed by atoms with van der Waals surface area (Å²) in [5.74, 6) is -1.07. The minimum atomic E-state index is -0.995. The number of aromatic nitrogens is 2. The van der Waals surface area contributed by atoms with Crippen LogP contribution in [0.2, 0.25) is 0 Å². The van der Waals surface area contributed by atoms with Crippen molar-refractivity contribution in [3.63, 3.8) is 0 Å². The summed E-state index contributed by atoms with van der Waals surface area (Å²) >= 11 is 0. The lowest BCUT2D eigenvalue weighted by atomic mass is 10.1. The topological polar surface area (TPSA) is 86.3 Å². The molecule has 1 aliphatic rings. The van der Waals surface area contributed by atoms with E-state index in [-0.39, 0.29) is 17.5 Å². The van der Waals surface area contributed by atoms with Crippen LogP contribution in [0, 0.1) is 0 Å². The first-order valence-electron chi connectivity index (χ1n) is 6.80.